The van der Waals surface area contributed by atoms with Crippen LogP contribution in [0.4, 0.5) is 13.2 Å². The summed E-state index contributed by atoms with van der Waals surface area (Å²) in [5.41, 5.74) is 5.04. The zero-order chi connectivity index (χ0) is 12.5. The summed E-state index contributed by atoms with van der Waals surface area (Å²) in [6, 6.07) is 2.08. The molecule has 0 heterocycles. The summed E-state index contributed by atoms with van der Waals surface area (Å²) in [6.45, 7) is 1.44. The average molecular weight is 254 g/mol. The third kappa shape index (κ3) is 2.87. The Bertz CT molecular complexity index is 379. The van der Waals surface area contributed by atoms with Gasteiger partial charge in [0.05, 0.1) is 17.7 Å². The lowest BCUT2D eigenvalue weighted by Crippen LogP contribution is -2.23. The number of rotatable bonds is 2. The fourth-order valence-electron chi connectivity index (χ4n) is 1.23. The number of alkyl halides is 3. The molecule has 0 amide bonds. The van der Waals surface area contributed by atoms with E-state index in [2.05, 4.69) is 0 Å². The minimum Gasteiger partial charge on any atom is -0.391 e. The molecule has 90 valence electrons. The first-order valence-electron chi connectivity index (χ1n) is 4.53. The van der Waals surface area contributed by atoms with Crippen LogP contribution in [0.25, 0.3) is 0 Å². The quantitative estimate of drug-likeness (QED) is 0.851. The predicted molar refractivity (Wildman–Crippen MR) is 55.1 cm³/mol. The molecule has 0 spiro atoms. The summed E-state index contributed by atoms with van der Waals surface area (Å²) < 4.78 is 37.0. The molecule has 0 aliphatic carbocycles. The van der Waals surface area contributed by atoms with Gasteiger partial charge in [0.2, 0.25) is 0 Å². The molecular weight excluding hydrogens is 243 g/mol. The van der Waals surface area contributed by atoms with Crippen LogP contribution in [-0.4, -0.2) is 11.2 Å². The topological polar surface area (TPSA) is 46.2 Å². The maximum absolute atomic E-state index is 12.3. The van der Waals surface area contributed by atoms with Gasteiger partial charge in [-0.15, -0.1) is 0 Å². The maximum atomic E-state index is 12.3. The van der Waals surface area contributed by atoms with E-state index in [1.54, 1.807) is 0 Å². The van der Waals surface area contributed by atoms with E-state index in [4.69, 9.17) is 17.3 Å². The summed E-state index contributed by atoms with van der Waals surface area (Å²) in [7, 11) is 0. The molecule has 0 saturated carbocycles. The zero-order valence-electron chi connectivity index (χ0n) is 8.42. The summed E-state index contributed by atoms with van der Waals surface area (Å²) in [6.07, 6.45) is -5.31. The van der Waals surface area contributed by atoms with Gasteiger partial charge in [-0.25, -0.2) is 0 Å². The smallest absolute Gasteiger partial charge is 0.391 e. The number of benzene rings is 1. The van der Waals surface area contributed by atoms with Gasteiger partial charge in [-0.3, -0.25) is 0 Å². The highest BCUT2D eigenvalue weighted by molar-refractivity contribution is 6.31. The Kier molecular flexibility index (Phi) is 3.83. The molecule has 0 unspecified atom stereocenters. The lowest BCUT2D eigenvalue weighted by Gasteiger charge is -2.17. The molecule has 1 rings (SSSR count). The molecule has 3 N–H and O–H groups in total. The van der Waals surface area contributed by atoms with Gasteiger partial charge in [0.15, 0.2) is 0 Å². The van der Waals surface area contributed by atoms with Crippen LogP contribution in [0.3, 0.4) is 0 Å². The van der Waals surface area contributed by atoms with Crippen molar-refractivity contribution >= 4 is 11.6 Å². The molecule has 0 aromatic heterocycles. The van der Waals surface area contributed by atoms with Crippen molar-refractivity contribution in [2.75, 3.05) is 0 Å². The fourth-order valence-corrected chi connectivity index (χ4v) is 1.54. The first-order chi connectivity index (χ1) is 7.23. The first kappa shape index (κ1) is 13.3. The molecule has 2 atom stereocenters. The second-order valence-electron chi connectivity index (χ2n) is 3.50. The Hall–Kier alpha value is -0.780. The molecule has 1 aromatic carbocycles. The van der Waals surface area contributed by atoms with Crippen LogP contribution in [-0.2, 0) is 6.18 Å². The van der Waals surface area contributed by atoms with Crippen molar-refractivity contribution < 1.29 is 18.3 Å². The predicted octanol–water partition coefficient (Wildman–Crippen LogP) is 2.74. The molecular formula is C10H11ClF3NO. The number of hydrogen-bond acceptors (Lipinski definition) is 2. The van der Waals surface area contributed by atoms with Crippen molar-refractivity contribution in [2.45, 2.75) is 25.2 Å². The van der Waals surface area contributed by atoms with E-state index in [1.807, 2.05) is 0 Å². The monoisotopic (exact) mass is 253 g/mol. The highest BCUT2D eigenvalue weighted by atomic mass is 35.5. The van der Waals surface area contributed by atoms with Gasteiger partial charge in [-0.05, 0) is 24.6 Å². The van der Waals surface area contributed by atoms with Crippen molar-refractivity contribution in [2.24, 2.45) is 5.73 Å². The highest BCUT2D eigenvalue weighted by Crippen LogP contribution is 2.33. The van der Waals surface area contributed by atoms with Gasteiger partial charge in [-0.1, -0.05) is 17.7 Å². The normalized spacial score (nSPS) is 15.9. The van der Waals surface area contributed by atoms with Gasteiger partial charge in [0.1, 0.15) is 0 Å². The second kappa shape index (κ2) is 4.61. The molecule has 2 nitrogen and oxygen atoms in total. The van der Waals surface area contributed by atoms with Gasteiger partial charge >= 0.3 is 6.18 Å². The van der Waals surface area contributed by atoms with E-state index < -0.39 is 23.9 Å². The van der Waals surface area contributed by atoms with E-state index in [9.17, 15) is 18.3 Å². The number of nitrogens with two attached hydrogens (primary N) is 1. The number of hydrogen-bond donors (Lipinski definition) is 2. The minimum atomic E-state index is -4.43. The van der Waals surface area contributed by atoms with Crippen molar-refractivity contribution in [3.63, 3.8) is 0 Å². The Morgan fingerprint density at radius 3 is 2.31 bits per heavy atom. The van der Waals surface area contributed by atoms with Gasteiger partial charge in [0, 0.05) is 5.02 Å². The lowest BCUT2D eigenvalue weighted by atomic mass is 10.0. The zero-order valence-corrected chi connectivity index (χ0v) is 9.18. The van der Waals surface area contributed by atoms with Crippen LogP contribution in [0, 0.1) is 0 Å². The Morgan fingerprint density at radius 2 is 1.94 bits per heavy atom. The summed E-state index contributed by atoms with van der Waals surface area (Å²) >= 11 is 5.68. The summed E-state index contributed by atoms with van der Waals surface area (Å²) in [5, 5.41) is 9.13. The fraction of sp³-hybridized carbons (Fsp3) is 0.400. The van der Waals surface area contributed by atoms with E-state index in [0.29, 0.717) is 5.56 Å². The Labute approximate surface area is 95.8 Å². The SMILES string of the molecule is C[C@H](O)[C@H](N)c1ccc(C(F)(F)F)cc1Cl. The van der Waals surface area contributed by atoms with E-state index >= 15 is 0 Å². The molecule has 0 bridgehead atoms. The Morgan fingerprint density at radius 1 is 1.38 bits per heavy atom. The number of halogens is 4. The molecule has 1 aromatic rings. The van der Waals surface area contributed by atoms with Crippen LogP contribution < -0.4 is 5.73 Å². The third-order valence-electron chi connectivity index (χ3n) is 2.21. The molecule has 0 radical (unpaired) electrons. The first-order valence-corrected chi connectivity index (χ1v) is 4.91. The standard InChI is InChI=1S/C10H11ClF3NO/c1-5(16)9(15)7-3-2-6(4-8(7)11)10(12,13)14/h2-5,9,16H,15H2,1H3/t5-,9-/m0/s1. The van der Waals surface area contributed by atoms with Crippen LogP contribution >= 0.6 is 11.6 Å². The minimum absolute atomic E-state index is 0.0942. The van der Waals surface area contributed by atoms with E-state index in [0.717, 1.165) is 12.1 Å². The number of aliphatic hydroxyl groups is 1. The van der Waals surface area contributed by atoms with Gasteiger partial charge < -0.3 is 10.8 Å². The van der Waals surface area contributed by atoms with Crippen molar-refractivity contribution in [3.05, 3.63) is 34.3 Å². The van der Waals surface area contributed by atoms with E-state index in [-0.39, 0.29) is 5.02 Å². The van der Waals surface area contributed by atoms with Crippen molar-refractivity contribution in [3.8, 4) is 0 Å². The molecule has 6 heteroatoms. The molecule has 16 heavy (non-hydrogen) atoms. The largest absolute Gasteiger partial charge is 0.416 e. The van der Waals surface area contributed by atoms with Crippen molar-refractivity contribution in [1.82, 2.24) is 0 Å². The van der Waals surface area contributed by atoms with Crippen molar-refractivity contribution in [1.29, 1.82) is 0 Å². The third-order valence-corrected chi connectivity index (χ3v) is 2.53. The van der Waals surface area contributed by atoms with Crippen LogP contribution in [0.5, 0.6) is 0 Å². The second-order valence-corrected chi connectivity index (χ2v) is 3.91. The van der Waals surface area contributed by atoms with Crippen LogP contribution in [0.15, 0.2) is 18.2 Å². The lowest BCUT2D eigenvalue weighted by molar-refractivity contribution is -0.137. The summed E-state index contributed by atoms with van der Waals surface area (Å²) in [5.74, 6) is 0. The van der Waals surface area contributed by atoms with E-state index in [1.165, 1.54) is 13.0 Å². The van der Waals surface area contributed by atoms with Gasteiger partial charge in [0.25, 0.3) is 0 Å². The van der Waals surface area contributed by atoms with Gasteiger partial charge in [-0.2, -0.15) is 13.2 Å². The number of aliphatic hydroxyl groups excluding tert-OH is 1. The Balaban J connectivity index is 3.10. The summed E-state index contributed by atoms with van der Waals surface area (Å²) in [4.78, 5) is 0. The van der Waals surface area contributed by atoms with Crippen LogP contribution in [0.2, 0.25) is 5.02 Å². The molecule has 0 fully saturated rings. The molecule has 0 aliphatic rings. The molecule has 0 aliphatic heterocycles. The average Bonchev–Trinajstić information content (AvgIpc) is 2.15. The molecule has 0 saturated heterocycles. The maximum Gasteiger partial charge on any atom is 0.416 e. The van der Waals surface area contributed by atoms with Crippen LogP contribution in [0.1, 0.15) is 24.1 Å². The highest BCUT2D eigenvalue weighted by Gasteiger charge is 2.31.